The average molecular weight is 201 g/mol. The van der Waals surface area contributed by atoms with E-state index in [0.717, 1.165) is 12.3 Å². The Bertz CT molecular complexity index is 525. The first-order valence-corrected chi connectivity index (χ1v) is 5.47. The molecule has 0 saturated carbocycles. The molecule has 0 radical (unpaired) electrons. The Labute approximate surface area is 89.5 Å². The summed E-state index contributed by atoms with van der Waals surface area (Å²) in [7, 11) is 1.75. The van der Waals surface area contributed by atoms with Crippen LogP contribution >= 0.6 is 0 Å². The van der Waals surface area contributed by atoms with Crippen LogP contribution in [0.4, 0.5) is 0 Å². The zero-order chi connectivity index (χ0) is 10.4. The summed E-state index contributed by atoms with van der Waals surface area (Å²) in [6.07, 6.45) is 2.49. The third kappa shape index (κ3) is 1.05. The van der Waals surface area contributed by atoms with Crippen LogP contribution in [0.1, 0.15) is 17.7 Å². The van der Waals surface area contributed by atoms with Crippen LogP contribution in [0.2, 0.25) is 0 Å². The molecular formula is C13H15NO. The van der Waals surface area contributed by atoms with Gasteiger partial charge in [-0.05, 0) is 37.5 Å². The molecule has 0 unspecified atom stereocenters. The van der Waals surface area contributed by atoms with E-state index in [1.807, 2.05) is 6.07 Å². The fourth-order valence-electron chi connectivity index (χ4n) is 2.77. The van der Waals surface area contributed by atoms with Crippen LogP contribution in [0, 0.1) is 6.92 Å². The number of benzene rings is 1. The van der Waals surface area contributed by atoms with Gasteiger partial charge in [0, 0.05) is 17.6 Å². The predicted molar refractivity (Wildman–Crippen MR) is 61.5 cm³/mol. The van der Waals surface area contributed by atoms with E-state index in [9.17, 15) is 0 Å². The maximum atomic E-state index is 5.43. The summed E-state index contributed by atoms with van der Waals surface area (Å²) in [6.45, 7) is 3.37. The van der Waals surface area contributed by atoms with Crippen LogP contribution in [-0.2, 0) is 13.0 Å². The molecule has 0 spiro atoms. The minimum Gasteiger partial charge on any atom is -0.496 e. The average Bonchev–Trinajstić information content (AvgIpc) is 2.83. The van der Waals surface area contributed by atoms with Crippen molar-refractivity contribution in [3.8, 4) is 5.75 Å². The van der Waals surface area contributed by atoms with Gasteiger partial charge in [0.2, 0.25) is 0 Å². The number of ether oxygens (including phenoxy) is 1. The molecular weight excluding hydrogens is 186 g/mol. The van der Waals surface area contributed by atoms with Gasteiger partial charge in [-0.3, -0.25) is 0 Å². The fraction of sp³-hybridized carbons (Fsp3) is 0.385. The van der Waals surface area contributed by atoms with E-state index in [1.54, 1.807) is 7.11 Å². The third-order valence-corrected chi connectivity index (χ3v) is 3.44. The minimum atomic E-state index is 1.01. The van der Waals surface area contributed by atoms with Gasteiger partial charge in [-0.2, -0.15) is 0 Å². The van der Waals surface area contributed by atoms with Crippen LogP contribution < -0.4 is 4.74 Å². The third-order valence-electron chi connectivity index (χ3n) is 3.44. The van der Waals surface area contributed by atoms with Crippen molar-refractivity contribution < 1.29 is 4.74 Å². The Morgan fingerprint density at radius 3 is 3.00 bits per heavy atom. The first kappa shape index (κ1) is 8.84. The zero-order valence-electron chi connectivity index (χ0n) is 9.21. The number of aromatic nitrogens is 1. The number of nitrogens with zero attached hydrogens (tertiary/aromatic N) is 1. The van der Waals surface area contributed by atoms with Gasteiger partial charge in [0.05, 0.1) is 12.6 Å². The van der Waals surface area contributed by atoms with Gasteiger partial charge < -0.3 is 9.30 Å². The molecule has 15 heavy (non-hydrogen) atoms. The second-order valence-corrected chi connectivity index (χ2v) is 4.18. The van der Waals surface area contributed by atoms with Crippen LogP contribution in [0.15, 0.2) is 18.2 Å². The molecule has 0 aliphatic carbocycles. The Hall–Kier alpha value is -1.44. The number of methoxy groups -OCH3 is 1. The van der Waals surface area contributed by atoms with Crippen molar-refractivity contribution in [3.05, 3.63) is 29.5 Å². The Morgan fingerprint density at radius 1 is 1.33 bits per heavy atom. The molecule has 0 atom stereocenters. The normalized spacial score (nSPS) is 14.5. The summed E-state index contributed by atoms with van der Waals surface area (Å²) in [6, 6.07) is 6.32. The van der Waals surface area contributed by atoms with Crippen molar-refractivity contribution in [3.63, 3.8) is 0 Å². The largest absolute Gasteiger partial charge is 0.496 e. The highest BCUT2D eigenvalue weighted by Gasteiger charge is 2.20. The van der Waals surface area contributed by atoms with E-state index in [-0.39, 0.29) is 0 Å². The van der Waals surface area contributed by atoms with Gasteiger partial charge in [0.1, 0.15) is 5.75 Å². The second-order valence-electron chi connectivity index (χ2n) is 4.18. The maximum Gasteiger partial charge on any atom is 0.128 e. The van der Waals surface area contributed by atoms with Gasteiger partial charge in [-0.15, -0.1) is 0 Å². The van der Waals surface area contributed by atoms with E-state index in [4.69, 9.17) is 4.74 Å². The lowest BCUT2D eigenvalue weighted by atomic mass is 10.1. The summed E-state index contributed by atoms with van der Waals surface area (Å²) >= 11 is 0. The van der Waals surface area contributed by atoms with Gasteiger partial charge in [-0.1, -0.05) is 6.07 Å². The SMILES string of the molecule is COc1cccc2c1c(C)c1n2CCC1. The molecule has 2 heterocycles. The lowest BCUT2D eigenvalue weighted by Crippen LogP contribution is -1.91. The summed E-state index contributed by atoms with van der Waals surface area (Å²) in [5.41, 5.74) is 4.23. The molecule has 2 heteroatoms. The summed E-state index contributed by atoms with van der Waals surface area (Å²) < 4.78 is 7.87. The van der Waals surface area contributed by atoms with Crippen LogP contribution in [0.3, 0.4) is 0 Å². The lowest BCUT2D eigenvalue weighted by molar-refractivity contribution is 0.419. The molecule has 0 bridgehead atoms. The number of rotatable bonds is 1. The monoisotopic (exact) mass is 201 g/mol. The number of hydrogen-bond acceptors (Lipinski definition) is 1. The molecule has 0 N–H and O–H groups in total. The Balaban J connectivity index is 2.44. The molecule has 3 rings (SSSR count). The molecule has 1 aliphatic rings. The molecule has 1 aromatic heterocycles. The second kappa shape index (κ2) is 3.02. The van der Waals surface area contributed by atoms with Crippen LogP contribution in [0.5, 0.6) is 5.75 Å². The topological polar surface area (TPSA) is 14.2 Å². The van der Waals surface area contributed by atoms with Crippen molar-refractivity contribution in [2.45, 2.75) is 26.3 Å². The quantitative estimate of drug-likeness (QED) is 0.692. The first-order chi connectivity index (χ1) is 7.33. The van der Waals surface area contributed by atoms with E-state index in [2.05, 4.69) is 23.6 Å². The fourth-order valence-corrected chi connectivity index (χ4v) is 2.77. The highest BCUT2D eigenvalue weighted by atomic mass is 16.5. The van der Waals surface area contributed by atoms with Crippen molar-refractivity contribution in [1.82, 2.24) is 4.57 Å². The lowest BCUT2D eigenvalue weighted by Gasteiger charge is -2.04. The van der Waals surface area contributed by atoms with Crippen molar-refractivity contribution >= 4 is 10.9 Å². The predicted octanol–water partition coefficient (Wildman–Crippen LogP) is 2.90. The zero-order valence-corrected chi connectivity index (χ0v) is 9.21. The molecule has 2 aromatic rings. The highest BCUT2D eigenvalue weighted by molar-refractivity contribution is 5.91. The molecule has 0 amide bonds. The van der Waals surface area contributed by atoms with Crippen molar-refractivity contribution in [2.75, 3.05) is 7.11 Å². The van der Waals surface area contributed by atoms with Gasteiger partial charge >= 0.3 is 0 Å². The smallest absolute Gasteiger partial charge is 0.128 e. The van der Waals surface area contributed by atoms with E-state index in [1.165, 1.54) is 35.0 Å². The van der Waals surface area contributed by atoms with Gasteiger partial charge in [-0.25, -0.2) is 0 Å². The molecule has 0 fully saturated rings. The summed E-state index contributed by atoms with van der Waals surface area (Å²) in [5.74, 6) is 1.01. The van der Waals surface area contributed by atoms with Crippen molar-refractivity contribution in [1.29, 1.82) is 0 Å². The van der Waals surface area contributed by atoms with E-state index >= 15 is 0 Å². The summed E-state index contributed by atoms with van der Waals surface area (Å²) in [4.78, 5) is 0. The Kier molecular flexibility index (Phi) is 1.78. The number of hydrogen-bond donors (Lipinski definition) is 0. The van der Waals surface area contributed by atoms with Gasteiger partial charge in [0.15, 0.2) is 0 Å². The maximum absolute atomic E-state index is 5.43. The summed E-state index contributed by atoms with van der Waals surface area (Å²) in [5, 5.41) is 1.30. The standard InChI is InChI=1S/C13H15NO/c1-9-10-6-4-8-14(10)11-5-3-7-12(15-2)13(9)11/h3,5,7H,4,6,8H2,1-2H3. The Morgan fingerprint density at radius 2 is 2.20 bits per heavy atom. The highest BCUT2D eigenvalue weighted by Crippen LogP contribution is 2.36. The van der Waals surface area contributed by atoms with E-state index in [0.29, 0.717) is 0 Å². The van der Waals surface area contributed by atoms with Crippen molar-refractivity contribution in [2.24, 2.45) is 0 Å². The van der Waals surface area contributed by atoms with Crippen LogP contribution in [0.25, 0.3) is 10.9 Å². The molecule has 1 aliphatic heterocycles. The first-order valence-electron chi connectivity index (χ1n) is 5.47. The molecule has 78 valence electrons. The molecule has 1 aromatic carbocycles. The number of fused-ring (bicyclic) bond motifs is 3. The minimum absolute atomic E-state index is 1.01. The van der Waals surface area contributed by atoms with Gasteiger partial charge in [0.25, 0.3) is 0 Å². The van der Waals surface area contributed by atoms with E-state index < -0.39 is 0 Å². The van der Waals surface area contributed by atoms with Crippen LogP contribution in [-0.4, -0.2) is 11.7 Å². The molecule has 0 saturated heterocycles. The number of aryl methyl sites for hydroxylation is 2. The molecule has 2 nitrogen and oxygen atoms in total.